The van der Waals surface area contributed by atoms with Gasteiger partial charge in [-0.15, -0.1) is 24.0 Å². The van der Waals surface area contributed by atoms with Crippen LogP contribution in [-0.4, -0.2) is 38.8 Å². The Morgan fingerprint density at radius 1 is 1.33 bits per heavy atom. The fraction of sp³-hybridized carbons (Fsp3) is 0.533. The summed E-state index contributed by atoms with van der Waals surface area (Å²) in [5.41, 5.74) is 0.988. The van der Waals surface area contributed by atoms with Gasteiger partial charge in [0.2, 0.25) is 0 Å². The molecule has 0 saturated carbocycles. The van der Waals surface area contributed by atoms with Crippen molar-refractivity contribution in [3.8, 4) is 0 Å². The molecule has 21 heavy (non-hydrogen) atoms. The third kappa shape index (κ3) is 8.48. The molecule has 4 nitrogen and oxygen atoms in total. The standard InChI is InChI=1S/C15H24ClN3O.HI/c1-15(2,20-4)11-19-14(17-3)18-9-8-12-6-5-7-13(16)10-12;/h5-7,10H,8-9,11H2,1-4H3,(H2,17,18,19);1H. The smallest absolute Gasteiger partial charge is 0.191 e. The van der Waals surface area contributed by atoms with E-state index in [0.29, 0.717) is 6.54 Å². The number of ether oxygens (including phenoxy) is 1. The predicted octanol–water partition coefficient (Wildman–Crippen LogP) is 3.09. The quantitative estimate of drug-likeness (QED) is 0.418. The summed E-state index contributed by atoms with van der Waals surface area (Å²) in [4.78, 5) is 4.19. The van der Waals surface area contributed by atoms with Crippen molar-refractivity contribution in [2.75, 3.05) is 27.2 Å². The zero-order valence-corrected chi connectivity index (χ0v) is 16.2. The monoisotopic (exact) mass is 425 g/mol. The highest BCUT2D eigenvalue weighted by atomic mass is 127. The minimum atomic E-state index is -0.218. The van der Waals surface area contributed by atoms with Gasteiger partial charge in [0.05, 0.1) is 5.60 Å². The Labute approximate surface area is 149 Å². The van der Waals surface area contributed by atoms with E-state index in [0.717, 1.165) is 23.9 Å². The van der Waals surface area contributed by atoms with Crippen LogP contribution < -0.4 is 10.6 Å². The third-order valence-electron chi connectivity index (χ3n) is 3.05. The first-order chi connectivity index (χ1) is 9.46. The molecular weight excluding hydrogens is 401 g/mol. The summed E-state index contributed by atoms with van der Waals surface area (Å²) in [5, 5.41) is 7.29. The molecule has 0 saturated heterocycles. The number of halogens is 2. The van der Waals surface area contributed by atoms with Gasteiger partial charge in [-0.3, -0.25) is 4.99 Å². The summed E-state index contributed by atoms with van der Waals surface area (Å²) >= 11 is 5.96. The first-order valence-corrected chi connectivity index (χ1v) is 7.09. The Bertz CT molecular complexity index is 452. The van der Waals surface area contributed by atoms with Crippen molar-refractivity contribution in [1.29, 1.82) is 0 Å². The van der Waals surface area contributed by atoms with Crippen LogP contribution >= 0.6 is 35.6 Å². The molecule has 120 valence electrons. The van der Waals surface area contributed by atoms with Gasteiger partial charge in [0.15, 0.2) is 5.96 Å². The van der Waals surface area contributed by atoms with Crippen LogP contribution in [0.1, 0.15) is 19.4 Å². The fourth-order valence-corrected chi connectivity index (χ4v) is 1.82. The van der Waals surface area contributed by atoms with Gasteiger partial charge >= 0.3 is 0 Å². The molecule has 0 unspecified atom stereocenters. The largest absolute Gasteiger partial charge is 0.377 e. The highest BCUT2D eigenvalue weighted by molar-refractivity contribution is 14.0. The maximum atomic E-state index is 5.96. The molecule has 0 aliphatic heterocycles. The average molecular weight is 426 g/mol. The highest BCUT2D eigenvalue weighted by Crippen LogP contribution is 2.10. The van der Waals surface area contributed by atoms with Crippen LogP contribution in [-0.2, 0) is 11.2 Å². The normalized spacial score (nSPS) is 11.8. The lowest BCUT2D eigenvalue weighted by Crippen LogP contribution is -2.45. The van der Waals surface area contributed by atoms with Gasteiger partial charge in [-0.25, -0.2) is 0 Å². The van der Waals surface area contributed by atoms with E-state index in [1.54, 1.807) is 14.2 Å². The molecule has 0 aliphatic carbocycles. The van der Waals surface area contributed by atoms with E-state index in [1.807, 2.05) is 32.0 Å². The Kier molecular flexibility index (Phi) is 9.98. The van der Waals surface area contributed by atoms with Crippen LogP contribution in [0.4, 0.5) is 0 Å². The van der Waals surface area contributed by atoms with Gasteiger partial charge in [0, 0.05) is 32.3 Å². The number of nitrogens with zero attached hydrogens (tertiary/aromatic N) is 1. The molecule has 1 aromatic rings. The molecule has 0 aromatic heterocycles. The van der Waals surface area contributed by atoms with Crippen LogP contribution in [0.25, 0.3) is 0 Å². The minimum absolute atomic E-state index is 0. The molecular formula is C15H25ClIN3O. The summed E-state index contributed by atoms with van der Waals surface area (Å²) < 4.78 is 5.36. The Morgan fingerprint density at radius 2 is 2.05 bits per heavy atom. The zero-order chi connectivity index (χ0) is 15.0. The van der Waals surface area contributed by atoms with Crippen molar-refractivity contribution < 1.29 is 4.74 Å². The lowest BCUT2D eigenvalue weighted by Gasteiger charge is -2.24. The van der Waals surface area contributed by atoms with Crippen molar-refractivity contribution in [2.24, 2.45) is 4.99 Å². The van der Waals surface area contributed by atoms with E-state index in [4.69, 9.17) is 16.3 Å². The van der Waals surface area contributed by atoms with E-state index in [1.165, 1.54) is 5.56 Å². The van der Waals surface area contributed by atoms with E-state index in [2.05, 4.69) is 21.7 Å². The second kappa shape index (κ2) is 10.2. The van der Waals surface area contributed by atoms with Crippen LogP contribution in [0.3, 0.4) is 0 Å². The molecule has 0 aliphatic rings. The van der Waals surface area contributed by atoms with Gasteiger partial charge < -0.3 is 15.4 Å². The topological polar surface area (TPSA) is 45.7 Å². The Morgan fingerprint density at radius 3 is 2.62 bits per heavy atom. The number of nitrogens with one attached hydrogen (secondary N) is 2. The number of methoxy groups -OCH3 is 1. The van der Waals surface area contributed by atoms with Crippen LogP contribution in [0, 0.1) is 0 Å². The molecule has 0 heterocycles. The van der Waals surface area contributed by atoms with Crippen LogP contribution in [0.15, 0.2) is 29.3 Å². The van der Waals surface area contributed by atoms with Gasteiger partial charge in [-0.2, -0.15) is 0 Å². The number of hydrogen-bond donors (Lipinski definition) is 2. The van der Waals surface area contributed by atoms with Crippen molar-refractivity contribution in [3.63, 3.8) is 0 Å². The Balaban J connectivity index is 0.00000400. The molecule has 2 N–H and O–H groups in total. The first-order valence-electron chi connectivity index (χ1n) is 6.71. The lowest BCUT2D eigenvalue weighted by atomic mass is 10.1. The average Bonchev–Trinajstić information content (AvgIpc) is 2.42. The van der Waals surface area contributed by atoms with Crippen LogP contribution in [0.2, 0.25) is 5.02 Å². The molecule has 0 radical (unpaired) electrons. The zero-order valence-electron chi connectivity index (χ0n) is 13.1. The molecule has 0 amide bonds. The van der Waals surface area contributed by atoms with E-state index in [9.17, 15) is 0 Å². The first kappa shape index (κ1) is 20.5. The fourth-order valence-electron chi connectivity index (χ4n) is 1.61. The Hall–Kier alpha value is -0.530. The number of benzene rings is 1. The minimum Gasteiger partial charge on any atom is -0.377 e. The van der Waals surface area contributed by atoms with Gasteiger partial charge in [0.1, 0.15) is 0 Å². The summed E-state index contributed by atoms with van der Waals surface area (Å²) in [5.74, 6) is 0.775. The second-order valence-corrected chi connectivity index (χ2v) is 5.63. The van der Waals surface area contributed by atoms with E-state index in [-0.39, 0.29) is 29.6 Å². The number of hydrogen-bond acceptors (Lipinski definition) is 2. The van der Waals surface area contributed by atoms with Gasteiger partial charge in [0.25, 0.3) is 0 Å². The van der Waals surface area contributed by atoms with Crippen molar-refractivity contribution in [2.45, 2.75) is 25.9 Å². The molecule has 0 fully saturated rings. The van der Waals surface area contributed by atoms with E-state index >= 15 is 0 Å². The molecule has 0 spiro atoms. The maximum absolute atomic E-state index is 5.96. The predicted molar refractivity (Wildman–Crippen MR) is 101 cm³/mol. The molecule has 1 aromatic carbocycles. The summed E-state index contributed by atoms with van der Waals surface area (Å²) in [6, 6.07) is 7.89. The molecule has 6 heteroatoms. The second-order valence-electron chi connectivity index (χ2n) is 5.20. The van der Waals surface area contributed by atoms with Gasteiger partial charge in [-0.1, -0.05) is 23.7 Å². The summed E-state index contributed by atoms with van der Waals surface area (Å²) in [6.07, 6.45) is 0.898. The summed E-state index contributed by atoms with van der Waals surface area (Å²) in [6.45, 7) is 5.55. The van der Waals surface area contributed by atoms with Crippen molar-refractivity contribution >= 4 is 41.5 Å². The maximum Gasteiger partial charge on any atom is 0.191 e. The lowest BCUT2D eigenvalue weighted by molar-refractivity contribution is 0.0268. The van der Waals surface area contributed by atoms with Gasteiger partial charge in [-0.05, 0) is 38.0 Å². The number of guanidine groups is 1. The molecule has 0 atom stereocenters. The van der Waals surface area contributed by atoms with E-state index < -0.39 is 0 Å². The SMILES string of the molecule is CN=C(NCCc1cccc(Cl)c1)NCC(C)(C)OC.I. The van der Waals surface area contributed by atoms with Crippen LogP contribution in [0.5, 0.6) is 0 Å². The molecule has 1 rings (SSSR count). The summed E-state index contributed by atoms with van der Waals surface area (Å²) in [7, 11) is 3.46. The highest BCUT2D eigenvalue weighted by Gasteiger charge is 2.16. The number of rotatable bonds is 6. The van der Waals surface area contributed by atoms with Crippen molar-refractivity contribution in [1.82, 2.24) is 10.6 Å². The molecule has 0 bridgehead atoms. The third-order valence-corrected chi connectivity index (χ3v) is 3.29. The number of aliphatic imine (C=N–C) groups is 1. The van der Waals surface area contributed by atoms with Crippen molar-refractivity contribution in [3.05, 3.63) is 34.9 Å².